The minimum atomic E-state index is -2.70. The highest BCUT2D eigenvalue weighted by Crippen LogP contribution is 2.40. The van der Waals surface area contributed by atoms with Gasteiger partial charge in [0.05, 0.1) is 22.7 Å². The number of ether oxygens (including phenoxy) is 1. The Morgan fingerprint density at radius 1 is 1.34 bits per heavy atom. The first-order valence-corrected chi connectivity index (χ1v) is 10.3. The van der Waals surface area contributed by atoms with Crippen molar-refractivity contribution in [3.8, 4) is 0 Å². The molecule has 0 unspecified atom stereocenters. The van der Waals surface area contributed by atoms with Gasteiger partial charge >= 0.3 is 0 Å². The maximum atomic E-state index is 13.3. The number of fused-ring (bicyclic) bond motifs is 1. The van der Waals surface area contributed by atoms with Crippen LogP contribution < -0.4 is 0 Å². The van der Waals surface area contributed by atoms with Gasteiger partial charge in [0.25, 0.3) is 0 Å². The number of hydrogen-bond donors (Lipinski definition) is 1. The topological polar surface area (TPSA) is 50.9 Å². The van der Waals surface area contributed by atoms with Crippen molar-refractivity contribution in [1.29, 1.82) is 0 Å². The van der Waals surface area contributed by atoms with E-state index in [0.29, 0.717) is 35.7 Å². The monoisotopic (exact) mass is 425 g/mol. The van der Waals surface area contributed by atoms with Crippen LogP contribution in [0.3, 0.4) is 0 Å². The largest absolute Gasteiger partial charge is 0.390 e. The van der Waals surface area contributed by atoms with Gasteiger partial charge in [-0.2, -0.15) is 0 Å². The first-order valence-electron chi connectivity index (χ1n) is 9.92. The molecule has 1 aliphatic carbocycles. The van der Waals surface area contributed by atoms with Crippen molar-refractivity contribution in [2.24, 2.45) is 0 Å². The van der Waals surface area contributed by atoms with E-state index in [2.05, 4.69) is 0 Å². The average molecular weight is 426 g/mol. The summed E-state index contributed by atoms with van der Waals surface area (Å²) in [6, 6.07) is 5.36. The van der Waals surface area contributed by atoms with E-state index in [4.69, 9.17) is 16.3 Å². The summed E-state index contributed by atoms with van der Waals surface area (Å²) in [5, 5.41) is 11.0. The Bertz CT molecular complexity index is 897. The van der Waals surface area contributed by atoms with E-state index in [0.717, 1.165) is 5.69 Å². The third-order valence-corrected chi connectivity index (χ3v) is 5.78. The van der Waals surface area contributed by atoms with Crippen molar-refractivity contribution in [3.05, 3.63) is 52.8 Å². The van der Waals surface area contributed by atoms with Crippen LogP contribution >= 0.6 is 11.6 Å². The molecule has 29 heavy (non-hydrogen) atoms. The molecule has 1 aliphatic rings. The predicted molar refractivity (Wildman–Crippen MR) is 109 cm³/mol. The number of carbonyl (C=O) groups excluding carboxylic acids is 1. The van der Waals surface area contributed by atoms with E-state index >= 15 is 0 Å². The Morgan fingerprint density at radius 3 is 2.76 bits per heavy atom. The quantitative estimate of drug-likeness (QED) is 0.357. The molecule has 7 heteroatoms. The summed E-state index contributed by atoms with van der Waals surface area (Å²) >= 11 is 6.35. The number of alkyl halides is 2. The molecule has 2 aromatic rings. The number of aromatic nitrogens is 1. The summed E-state index contributed by atoms with van der Waals surface area (Å²) in [7, 11) is 0. The second-order valence-electron chi connectivity index (χ2n) is 7.62. The van der Waals surface area contributed by atoms with Crippen molar-refractivity contribution >= 4 is 22.9 Å². The molecule has 158 valence electrons. The lowest BCUT2D eigenvalue weighted by molar-refractivity contribution is -0.102. The second-order valence-corrected chi connectivity index (χ2v) is 8.03. The van der Waals surface area contributed by atoms with Gasteiger partial charge in [-0.3, -0.25) is 4.79 Å². The predicted octanol–water partition coefficient (Wildman–Crippen LogP) is 5.24. The minimum Gasteiger partial charge on any atom is -0.390 e. The molecular weight excluding hydrogens is 400 g/mol. The molecule has 0 bridgehead atoms. The smallest absolute Gasteiger partial charge is 0.248 e. The molecule has 0 radical (unpaired) electrons. The summed E-state index contributed by atoms with van der Waals surface area (Å²) in [6.07, 6.45) is 5.05. The molecule has 0 amide bonds. The SMILES string of the molecule is CCOCCc1cc(C(=O)/C=C/CC2(O)CCC(F)(F)CC2)c2c(Cl)cccn12. The van der Waals surface area contributed by atoms with Crippen LogP contribution in [0.25, 0.3) is 5.52 Å². The van der Waals surface area contributed by atoms with Gasteiger partial charge in [-0.05, 0) is 50.5 Å². The van der Waals surface area contributed by atoms with E-state index in [1.165, 1.54) is 6.08 Å². The van der Waals surface area contributed by atoms with Crippen LogP contribution in [0.5, 0.6) is 0 Å². The summed E-state index contributed by atoms with van der Waals surface area (Å²) in [4.78, 5) is 12.8. The van der Waals surface area contributed by atoms with Crippen LogP contribution in [0, 0.1) is 0 Å². The lowest BCUT2D eigenvalue weighted by Crippen LogP contribution is -2.38. The number of allylic oxidation sites excluding steroid dienone is 1. The number of carbonyl (C=O) groups is 1. The second kappa shape index (κ2) is 8.94. The Balaban J connectivity index is 1.76. The molecule has 0 saturated heterocycles. The van der Waals surface area contributed by atoms with Gasteiger partial charge in [-0.15, -0.1) is 0 Å². The standard InChI is InChI=1S/C22H26ClF2NO3/c1-2-29-14-7-16-15-17(20-18(23)5-4-13-26(16)20)19(27)6-3-8-21(28)9-11-22(24,25)12-10-21/h3-6,13,15,28H,2,7-12,14H2,1H3/b6-3+. The van der Waals surface area contributed by atoms with Crippen LogP contribution in [0.4, 0.5) is 8.78 Å². The zero-order valence-corrected chi connectivity index (χ0v) is 17.2. The maximum Gasteiger partial charge on any atom is 0.248 e. The number of hydrogen-bond acceptors (Lipinski definition) is 3. The molecule has 1 fully saturated rings. The number of rotatable bonds is 8. The average Bonchev–Trinajstić information content (AvgIpc) is 3.05. The van der Waals surface area contributed by atoms with E-state index in [9.17, 15) is 18.7 Å². The number of nitrogens with zero attached hydrogens (tertiary/aromatic N) is 1. The zero-order valence-electron chi connectivity index (χ0n) is 16.5. The van der Waals surface area contributed by atoms with Gasteiger partial charge in [-0.25, -0.2) is 8.78 Å². The zero-order chi connectivity index (χ0) is 21.1. The minimum absolute atomic E-state index is 0.0289. The molecule has 2 aromatic heterocycles. The molecule has 0 aromatic carbocycles. The summed E-state index contributed by atoms with van der Waals surface area (Å²) in [6.45, 7) is 3.08. The van der Waals surface area contributed by atoms with Gasteiger partial charge in [0.1, 0.15) is 0 Å². The molecule has 1 N–H and O–H groups in total. The van der Waals surface area contributed by atoms with Crippen molar-refractivity contribution in [3.63, 3.8) is 0 Å². The molecule has 0 aliphatic heterocycles. The molecule has 3 rings (SSSR count). The fourth-order valence-electron chi connectivity index (χ4n) is 3.75. The van der Waals surface area contributed by atoms with E-state index in [-0.39, 0.29) is 37.9 Å². The van der Waals surface area contributed by atoms with Crippen molar-refractivity contribution in [2.75, 3.05) is 13.2 Å². The Kier molecular flexibility index (Phi) is 6.76. The Hall–Kier alpha value is -1.76. The Morgan fingerprint density at radius 2 is 2.07 bits per heavy atom. The third-order valence-electron chi connectivity index (χ3n) is 5.47. The van der Waals surface area contributed by atoms with Gasteiger partial charge in [0, 0.05) is 43.3 Å². The van der Waals surface area contributed by atoms with Gasteiger partial charge < -0.3 is 14.2 Å². The highest BCUT2D eigenvalue weighted by atomic mass is 35.5. The molecule has 4 nitrogen and oxygen atoms in total. The first-order chi connectivity index (χ1) is 13.7. The fraction of sp³-hybridized carbons (Fsp3) is 0.500. The lowest BCUT2D eigenvalue weighted by Gasteiger charge is -2.35. The molecule has 0 spiro atoms. The summed E-state index contributed by atoms with van der Waals surface area (Å²) < 4.78 is 33.9. The molecular formula is C22H26ClF2NO3. The van der Waals surface area contributed by atoms with Crippen LogP contribution in [0.2, 0.25) is 5.02 Å². The number of aliphatic hydroxyl groups is 1. The number of pyridine rings is 1. The van der Waals surface area contributed by atoms with Crippen molar-refractivity contribution in [2.45, 2.75) is 57.0 Å². The van der Waals surface area contributed by atoms with Crippen molar-refractivity contribution < 1.29 is 23.4 Å². The Labute approximate surface area is 174 Å². The van der Waals surface area contributed by atoms with Gasteiger partial charge in [0.15, 0.2) is 5.78 Å². The van der Waals surface area contributed by atoms with Crippen LogP contribution in [0.15, 0.2) is 36.5 Å². The molecule has 0 atom stereocenters. The first kappa shape index (κ1) is 21.9. The van der Waals surface area contributed by atoms with E-state index < -0.39 is 11.5 Å². The van der Waals surface area contributed by atoms with Crippen LogP contribution in [0.1, 0.15) is 55.1 Å². The van der Waals surface area contributed by atoms with Crippen LogP contribution in [-0.4, -0.2) is 40.0 Å². The van der Waals surface area contributed by atoms with Gasteiger partial charge in [0.2, 0.25) is 5.92 Å². The summed E-state index contributed by atoms with van der Waals surface area (Å²) in [5.74, 6) is -2.94. The summed E-state index contributed by atoms with van der Waals surface area (Å²) in [5.41, 5.74) is 0.842. The molecule has 1 saturated carbocycles. The highest BCUT2D eigenvalue weighted by Gasteiger charge is 2.41. The lowest BCUT2D eigenvalue weighted by atomic mass is 9.80. The third kappa shape index (κ3) is 5.24. The highest BCUT2D eigenvalue weighted by molar-refractivity contribution is 6.35. The van der Waals surface area contributed by atoms with E-state index in [1.54, 1.807) is 12.1 Å². The van der Waals surface area contributed by atoms with Gasteiger partial charge in [-0.1, -0.05) is 17.7 Å². The normalized spacial score (nSPS) is 18.5. The van der Waals surface area contributed by atoms with Crippen LogP contribution in [-0.2, 0) is 11.2 Å². The molecule has 2 heterocycles. The number of ketones is 1. The number of halogens is 3. The fourth-order valence-corrected chi connectivity index (χ4v) is 4.01. The maximum absolute atomic E-state index is 13.3. The van der Waals surface area contributed by atoms with Crippen molar-refractivity contribution in [1.82, 2.24) is 4.40 Å². The van der Waals surface area contributed by atoms with E-state index in [1.807, 2.05) is 29.7 Å².